The van der Waals surface area contributed by atoms with E-state index in [1.165, 1.54) is 16.8 Å². The second kappa shape index (κ2) is 9.69. The number of nitrogens with zero attached hydrogens (tertiary/aromatic N) is 6. The van der Waals surface area contributed by atoms with Gasteiger partial charge in [-0.05, 0) is 18.2 Å². The van der Waals surface area contributed by atoms with Gasteiger partial charge in [-0.25, -0.2) is 23.8 Å². The summed E-state index contributed by atoms with van der Waals surface area (Å²) in [5.74, 6) is 0. The molecule has 1 aliphatic rings. The van der Waals surface area contributed by atoms with E-state index in [1.807, 2.05) is 0 Å². The van der Waals surface area contributed by atoms with E-state index < -0.39 is 35.2 Å². The molecule has 1 aromatic carbocycles. The van der Waals surface area contributed by atoms with Crippen LogP contribution in [0.2, 0.25) is 30.7 Å². The van der Waals surface area contributed by atoms with Gasteiger partial charge in [0.2, 0.25) is 0 Å². The van der Waals surface area contributed by atoms with Crippen LogP contribution >= 0.6 is 22.9 Å². The molecule has 0 bridgehead atoms. The molecule has 0 radical (unpaired) electrons. The lowest BCUT2D eigenvalue weighted by Gasteiger charge is -2.24. The molecule has 194 valence electrons. The van der Waals surface area contributed by atoms with Gasteiger partial charge < -0.3 is 4.74 Å². The zero-order valence-corrected chi connectivity index (χ0v) is 23.5. The van der Waals surface area contributed by atoms with Crippen LogP contribution in [0.15, 0.2) is 17.0 Å². The number of benzene rings is 1. The summed E-state index contributed by atoms with van der Waals surface area (Å²) in [6.45, 7) is 14.4. The van der Waals surface area contributed by atoms with Gasteiger partial charge in [0.25, 0.3) is 16.4 Å². The smallest absolute Gasteiger partial charge is 0.303 e. The zero-order chi connectivity index (χ0) is 26.5. The maximum absolute atomic E-state index is 13.8. The predicted octanol–water partition coefficient (Wildman–Crippen LogP) is 5.40. The topological polar surface area (TPSA) is 94.6 Å². The molecule has 1 aliphatic carbocycles. The molecule has 2 heterocycles. The summed E-state index contributed by atoms with van der Waals surface area (Å²) in [6, 6.07) is 3.55. The number of aryl methyl sites for hydroxylation is 1. The molecule has 0 unspecified atom stereocenters. The van der Waals surface area contributed by atoms with Crippen LogP contribution < -0.4 is 0 Å². The van der Waals surface area contributed by atoms with Gasteiger partial charge in [0, 0.05) is 27.1 Å². The summed E-state index contributed by atoms with van der Waals surface area (Å²) in [5, 5.41) is 11.7. The molecule has 0 saturated heterocycles. The van der Waals surface area contributed by atoms with Crippen molar-refractivity contribution in [2.75, 3.05) is 13.3 Å². The van der Waals surface area contributed by atoms with Gasteiger partial charge in [-0.3, -0.25) is 9.53 Å². The first-order chi connectivity index (χ1) is 16.8. The first-order valence-electron chi connectivity index (χ1n) is 11.1. The Balaban J connectivity index is 1.75. The molecular formula is C21H25ClF2N6O3S2Si. The van der Waals surface area contributed by atoms with Crippen molar-refractivity contribution < 1.29 is 21.9 Å². The number of ether oxygens (including phenoxy) is 1. The molecule has 9 nitrogen and oxygen atoms in total. The van der Waals surface area contributed by atoms with E-state index in [0.29, 0.717) is 41.7 Å². The van der Waals surface area contributed by atoms with Gasteiger partial charge in [0.15, 0.2) is 10.0 Å². The zero-order valence-electron chi connectivity index (χ0n) is 20.1. The third-order valence-electron chi connectivity index (χ3n) is 5.86. The molecule has 0 spiro atoms. The molecule has 3 aromatic rings. The maximum atomic E-state index is 13.8. The Morgan fingerprint density at radius 3 is 2.58 bits per heavy atom. The quantitative estimate of drug-likeness (QED) is 0.139. The molecule has 0 amide bonds. The molecule has 2 aromatic heterocycles. The third kappa shape index (κ3) is 5.18. The molecule has 36 heavy (non-hydrogen) atoms. The summed E-state index contributed by atoms with van der Waals surface area (Å²) < 4.78 is 62.1. The number of fused-ring (bicyclic) bond motifs is 1. The Bertz CT molecular complexity index is 1440. The first kappa shape index (κ1) is 27.0. The van der Waals surface area contributed by atoms with Crippen molar-refractivity contribution in [3.63, 3.8) is 0 Å². The second-order valence-corrected chi connectivity index (χ2v) is 18.7. The van der Waals surface area contributed by atoms with Crippen LogP contribution in [0.4, 0.5) is 8.78 Å². The molecule has 4 rings (SSSR count). The van der Waals surface area contributed by atoms with Gasteiger partial charge in [-0.2, -0.15) is 5.10 Å². The fourth-order valence-corrected chi connectivity index (χ4v) is 7.19. The molecule has 0 atom stereocenters. The fourth-order valence-electron chi connectivity index (χ4n) is 3.66. The van der Waals surface area contributed by atoms with Gasteiger partial charge >= 0.3 is 5.66 Å². The number of hydrogen-bond donors (Lipinski definition) is 0. The van der Waals surface area contributed by atoms with Crippen LogP contribution in [0, 0.1) is 6.57 Å². The number of aromatic nitrogens is 4. The van der Waals surface area contributed by atoms with E-state index in [-0.39, 0.29) is 27.4 Å². The predicted molar refractivity (Wildman–Crippen MR) is 136 cm³/mol. The average molecular weight is 575 g/mol. The van der Waals surface area contributed by atoms with Crippen molar-refractivity contribution in [1.82, 2.24) is 24.3 Å². The largest absolute Gasteiger partial charge is 0.365 e. The van der Waals surface area contributed by atoms with Gasteiger partial charge in [0.1, 0.15) is 12.4 Å². The van der Waals surface area contributed by atoms with E-state index >= 15 is 0 Å². The molecule has 0 N–H and O–H groups in total. The van der Waals surface area contributed by atoms with E-state index in [1.54, 1.807) is 7.05 Å². The van der Waals surface area contributed by atoms with E-state index in [2.05, 4.69) is 39.8 Å². The molecule has 15 heteroatoms. The van der Waals surface area contributed by atoms with Gasteiger partial charge in [0.05, 0.1) is 28.3 Å². The first-order valence-corrected chi connectivity index (χ1v) is 17.4. The fraction of sp³-hybridized carbons (Fsp3) is 0.524. The number of hydrogen-bond acceptors (Lipinski definition) is 7. The highest BCUT2D eigenvalue weighted by atomic mass is 35.5. The summed E-state index contributed by atoms with van der Waals surface area (Å²) in [5.41, 5.74) is -0.577. The number of rotatable bonds is 10. The van der Waals surface area contributed by atoms with E-state index in [4.69, 9.17) is 22.9 Å². The Hall–Kier alpha value is -2.02. The Labute approximate surface area is 217 Å². The lowest BCUT2D eigenvalue weighted by Crippen LogP contribution is -2.42. The van der Waals surface area contributed by atoms with Crippen molar-refractivity contribution in [3.05, 3.63) is 33.6 Å². The summed E-state index contributed by atoms with van der Waals surface area (Å²) in [6.07, 6.45) is -1.98. The Kier molecular flexibility index (Phi) is 7.28. The third-order valence-corrected chi connectivity index (χ3v) is 10.6. The lowest BCUT2D eigenvalue weighted by molar-refractivity contribution is 0.0642. The molecular weight excluding hydrogens is 550 g/mol. The van der Waals surface area contributed by atoms with Crippen molar-refractivity contribution in [3.8, 4) is 10.7 Å². The van der Waals surface area contributed by atoms with Gasteiger partial charge in [-0.1, -0.05) is 46.9 Å². The molecule has 0 aliphatic heterocycles. The van der Waals surface area contributed by atoms with Crippen LogP contribution in [-0.4, -0.2) is 59.8 Å². The lowest BCUT2D eigenvalue weighted by atomic mass is 10.2. The van der Waals surface area contributed by atoms with Crippen LogP contribution in [0.5, 0.6) is 0 Å². The SMILES string of the molecule is [C-]#[N+]C1(N(COCC[Si](C)(C)C)S(=O)(=O)c2cc(Cl)c3c(c2)c(-c2nnc(C(F)F)s2)nn3C)CC1. The van der Waals surface area contributed by atoms with Crippen molar-refractivity contribution in [2.24, 2.45) is 7.05 Å². The normalized spacial score (nSPS) is 15.7. The van der Waals surface area contributed by atoms with E-state index in [9.17, 15) is 17.2 Å². The minimum absolute atomic E-state index is 0.109. The number of halogens is 3. The Morgan fingerprint density at radius 2 is 2.03 bits per heavy atom. The van der Waals surface area contributed by atoms with Crippen LogP contribution in [0.3, 0.4) is 0 Å². The Morgan fingerprint density at radius 1 is 1.33 bits per heavy atom. The maximum Gasteiger partial charge on any atom is 0.303 e. The van der Waals surface area contributed by atoms with Crippen LogP contribution in [-0.2, 0) is 21.8 Å². The summed E-state index contributed by atoms with van der Waals surface area (Å²) >= 11 is 7.17. The minimum atomic E-state index is -4.20. The van der Waals surface area contributed by atoms with Crippen molar-refractivity contribution >= 4 is 51.9 Å². The van der Waals surface area contributed by atoms with Gasteiger partial charge in [-0.15, -0.1) is 10.2 Å². The highest BCUT2D eigenvalue weighted by Crippen LogP contribution is 2.46. The van der Waals surface area contributed by atoms with E-state index in [0.717, 1.165) is 10.3 Å². The number of sulfonamides is 1. The summed E-state index contributed by atoms with van der Waals surface area (Å²) in [7, 11) is -3.99. The standard InChI is InChI=1S/C21H25ClF2N6O3S2Si/c1-25-21(6-7-21)30(12-33-8-9-36(3,4)5)35(31,32)13-10-14-16(19-26-27-20(34-19)18(23)24)28-29(2)17(14)15(22)11-13/h10-11,18H,6-9,12H2,2-5H3. The van der Waals surface area contributed by atoms with Crippen molar-refractivity contribution in [2.45, 2.75) is 55.5 Å². The highest BCUT2D eigenvalue weighted by molar-refractivity contribution is 7.89. The molecule has 1 saturated carbocycles. The van der Waals surface area contributed by atoms with Crippen LogP contribution in [0.25, 0.3) is 26.4 Å². The molecule has 1 fully saturated rings. The van der Waals surface area contributed by atoms with Crippen LogP contribution in [0.1, 0.15) is 24.3 Å². The minimum Gasteiger partial charge on any atom is -0.365 e. The second-order valence-electron chi connectivity index (χ2n) is 9.82. The van der Waals surface area contributed by atoms with Crippen molar-refractivity contribution in [1.29, 1.82) is 0 Å². The monoisotopic (exact) mass is 574 g/mol. The number of alkyl halides is 2. The summed E-state index contributed by atoms with van der Waals surface area (Å²) in [4.78, 5) is 3.47. The highest BCUT2D eigenvalue weighted by Gasteiger charge is 2.61. The average Bonchev–Trinajstić information content (AvgIpc) is 3.26.